The van der Waals surface area contributed by atoms with Gasteiger partial charge in [-0.1, -0.05) is 57.0 Å². The molecule has 0 aliphatic heterocycles. The Hall–Kier alpha value is -2.18. The van der Waals surface area contributed by atoms with Gasteiger partial charge in [0.25, 0.3) is 5.89 Å². The highest BCUT2D eigenvalue weighted by molar-refractivity contribution is 9.10. The van der Waals surface area contributed by atoms with E-state index in [9.17, 15) is 4.79 Å². The zero-order chi connectivity index (χ0) is 16.9. The first-order valence-electron chi connectivity index (χ1n) is 7.09. The number of benzene rings is 2. The van der Waals surface area contributed by atoms with E-state index in [1.807, 2.05) is 24.3 Å². The maximum atomic E-state index is 11.8. The first kappa shape index (κ1) is 16.7. The zero-order valence-corrected chi connectivity index (χ0v) is 14.8. The van der Waals surface area contributed by atoms with Crippen LogP contribution >= 0.6 is 27.5 Å². The van der Waals surface area contributed by atoms with E-state index in [4.69, 9.17) is 20.9 Å². The summed E-state index contributed by atoms with van der Waals surface area (Å²) >= 11 is 9.19. The second kappa shape index (κ2) is 7.59. The van der Waals surface area contributed by atoms with Crippen molar-refractivity contribution < 1.29 is 14.1 Å². The van der Waals surface area contributed by atoms with Crippen molar-refractivity contribution in [1.82, 2.24) is 10.1 Å². The van der Waals surface area contributed by atoms with Crippen molar-refractivity contribution in [3.63, 3.8) is 0 Å². The fraction of sp³-hybridized carbons (Fsp3) is 0.118. The summed E-state index contributed by atoms with van der Waals surface area (Å²) in [6.07, 6.45) is 0.157. The maximum Gasteiger partial charge on any atom is 0.310 e. The molecule has 0 saturated heterocycles. The van der Waals surface area contributed by atoms with Gasteiger partial charge in [0.1, 0.15) is 0 Å². The van der Waals surface area contributed by atoms with Crippen molar-refractivity contribution in [3.8, 4) is 11.4 Å². The molecule has 0 atom stereocenters. The summed E-state index contributed by atoms with van der Waals surface area (Å²) < 4.78 is 11.2. The summed E-state index contributed by atoms with van der Waals surface area (Å²) in [5.74, 6) is 0.314. The van der Waals surface area contributed by atoms with Gasteiger partial charge >= 0.3 is 5.97 Å². The number of hydrogen-bond donors (Lipinski definition) is 0. The zero-order valence-electron chi connectivity index (χ0n) is 12.4. The third-order valence-corrected chi connectivity index (χ3v) is 3.91. The molecular weight excluding hydrogens is 396 g/mol. The maximum absolute atomic E-state index is 11.8. The Balaban J connectivity index is 1.57. The van der Waals surface area contributed by atoms with Crippen LogP contribution in [0.1, 0.15) is 11.5 Å². The van der Waals surface area contributed by atoms with Gasteiger partial charge in [0.2, 0.25) is 5.82 Å². The largest absolute Gasteiger partial charge is 0.455 e. The molecule has 1 heterocycles. The van der Waals surface area contributed by atoms with Crippen molar-refractivity contribution in [2.75, 3.05) is 0 Å². The first-order valence-corrected chi connectivity index (χ1v) is 8.26. The second-order valence-corrected chi connectivity index (χ2v) is 6.34. The van der Waals surface area contributed by atoms with E-state index in [-0.39, 0.29) is 24.9 Å². The molecule has 122 valence electrons. The Bertz CT molecular complexity index is 849. The van der Waals surface area contributed by atoms with Gasteiger partial charge in [-0.2, -0.15) is 4.98 Å². The van der Waals surface area contributed by atoms with Crippen molar-refractivity contribution in [2.24, 2.45) is 0 Å². The summed E-state index contributed by atoms with van der Waals surface area (Å²) in [5.41, 5.74) is 1.64. The van der Waals surface area contributed by atoms with Gasteiger partial charge in [0.05, 0.1) is 6.42 Å². The Labute approximate surface area is 151 Å². The lowest BCUT2D eigenvalue weighted by molar-refractivity contribution is -0.144. The molecule has 0 bridgehead atoms. The molecule has 0 N–H and O–H groups in total. The van der Waals surface area contributed by atoms with Crippen LogP contribution in [0.4, 0.5) is 0 Å². The van der Waals surface area contributed by atoms with E-state index in [0.717, 1.165) is 15.6 Å². The molecule has 0 unspecified atom stereocenters. The summed E-state index contributed by atoms with van der Waals surface area (Å²) in [5, 5.41) is 4.51. The molecule has 2 aromatic carbocycles. The summed E-state index contributed by atoms with van der Waals surface area (Å²) in [7, 11) is 0. The highest BCUT2D eigenvalue weighted by Gasteiger charge is 2.12. The molecule has 5 nitrogen and oxygen atoms in total. The normalized spacial score (nSPS) is 10.6. The van der Waals surface area contributed by atoms with Crippen LogP contribution in [-0.4, -0.2) is 16.1 Å². The number of carbonyl (C=O) groups excluding carboxylic acids is 1. The fourth-order valence-corrected chi connectivity index (χ4v) is 2.55. The van der Waals surface area contributed by atoms with Gasteiger partial charge in [-0.15, -0.1) is 0 Å². The molecule has 0 radical (unpaired) electrons. The summed E-state index contributed by atoms with van der Waals surface area (Å²) in [6.45, 7) is -0.0621. The number of rotatable bonds is 5. The number of aromatic nitrogens is 2. The van der Waals surface area contributed by atoms with Crippen molar-refractivity contribution >= 4 is 33.5 Å². The standard InChI is InChI=1S/C17H12BrClN2O3/c18-13-3-1-2-12(9-13)17-20-15(24-21-17)10-23-16(22)8-11-4-6-14(19)7-5-11/h1-7,9H,8,10H2. The predicted octanol–water partition coefficient (Wildman–Crippen LogP) is 4.44. The van der Waals surface area contributed by atoms with Crippen molar-refractivity contribution in [2.45, 2.75) is 13.0 Å². The lowest BCUT2D eigenvalue weighted by atomic mass is 10.2. The Morgan fingerprint density at radius 1 is 1.21 bits per heavy atom. The van der Waals surface area contributed by atoms with Gasteiger partial charge in [0.15, 0.2) is 6.61 Å². The van der Waals surface area contributed by atoms with Crippen LogP contribution in [0.3, 0.4) is 0 Å². The minimum absolute atomic E-state index is 0.0621. The lowest BCUT2D eigenvalue weighted by Gasteiger charge is -2.02. The first-order chi connectivity index (χ1) is 11.6. The molecule has 7 heteroatoms. The molecule has 1 aromatic heterocycles. The predicted molar refractivity (Wildman–Crippen MR) is 92.4 cm³/mol. The number of hydrogen-bond acceptors (Lipinski definition) is 5. The van der Waals surface area contributed by atoms with Gasteiger partial charge in [-0.05, 0) is 29.8 Å². The summed E-state index contributed by atoms with van der Waals surface area (Å²) in [6, 6.07) is 14.5. The quantitative estimate of drug-likeness (QED) is 0.585. The Kier molecular flexibility index (Phi) is 5.27. The number of esters is 1. The fourth-order valence-electron chi connectivity index (χ4n) is 2.02. The van der Waals surface area contributed by atoms with Crippen LogP contribution in [0.5, 0.6) is 0 Å². The molecule has 0 aliphatic carbocycles. The smallest absolute Gasteiger partial charge is 0.310 e. The van der Waals surface area contributed by atoms with Gasteiger partial charge in [0, 0.05) is 15.1 Å². The molecule has 0 fully saturated rings. The van der Waals surface area contributed by atoms with Crippen LogP contribution in [0.15, 0.2) is 57.5 Å². The van der Waals surface area contributed by atoms with E-state index < -0.39 is 0 Å². The van der Waals surface area contributed by atoms with Crippen LogP contribution in [0.25, 0.3) is 11.4 Å². The van der Waals surface area contributed by atoms with E-state index in [1.165, 1.54) is 0 Å². The van der Waals surface area contributed by atoms with E-state index >= 15 is 0 Å². The molecule has 3 aromatic rings. The molecule has 3 rings (SSSR count). The van der Waals surface area contributed by atoms with E-state index in [0.29, 0.717) is 10.8 Å². The monoisotopic (exact) mass is 406 g/mol. The highest BCUT2D eigenvalue weighted by atomic mass is 79.9. The van der Waals surface area contributed by atoms with Crippen molar-refractivity contribution in [3.05, 3.63) is 69.5 Å². The van der Waals surface area contributed by atoms with E-state index in [1.54, 1.807) is 24.3 Å². The average Bonchev–Trinajstić information content (AvgIpc) is 3.04. The van der Waals surface area contributed by atoms with Crippen LogP contribution < -0.4 is 0 Å². The minimum Gasteiger partial charge on any atom is -0.455 e. The molecule has 0 spiro atoms. The number of carbonyl (C=O) groups is 1. The highest BCUT2D eigenvalue weighted by Crippen LogP contribution is 2.20. The summed E-state index contributed by atoms with van der Waals surface area (Å²) in [4.78, 5) is 16.1. The van der Waals surface area contributed by atoms with Crippen LogP contribution in [0.2, 0.25) is 5.02 Å². The number of nitrogens with zero attached hydrogens (tertiary/aromatic N) is 2. The Morgan fingerprint density at radius 2 is 2.00 bits per heavy atom. The molecule has 24 heavy (non-hydrogen) atoms. The Morgan fingerprint density at radius 3 is 2.75 bits per heavy atom. The van der Waals surface area contributed by atoms with Crippen LogP contribution in [0, 0.1) is 0 Å². The molecule has 0 aliphatic rings. The van der Waals surface area contributed by atoms with Crippen LogP contribution in [-0.2, 0) is 22.6 Å². The van der Waals surface area contributed by atoms with Gasteiger partial charge in [-0.3, -0.25) is 4.79 Å². The topological polar surface area (TPSA) is 65.2 Å². The molecule has 0 amide bonds. The second-order valence-electron chi connectivity index (χ2n) is 4.99. The van der Waals surface area contributed by atoms with Gasteiger partial charge < -0.3 is 9.26 Å². The van der Waals surface area contributed by atoms with Crippen molar-refractivity contribution in [1.29, 1.82) is 0 Å². The lowest BCUT2D eigenvalue weighted by Crippen LogP contribution is -2.08. The average molecular weight is 408 g/mol. The van der Waals surface area contributed by atoms with E-state index in [2.05, 4.69) is 26.1 Å². The number of ether oxygens (including phenoxy) is 1. The van der Waals surface area contributed by atoms with Gasteiger partial charge in [-0.25, -0.2) is 0 Å². The third-order valence-electron chi connectivity index (χ3n) is 3.17. The molecule has 0 saturated carbocycles. The minimum atomic E-state index is -0.375. The third kappa shape index (κ3) is 4.43. The number of halogens is 2. The molecular formula is C17H12BrClN2O3. The SMILES string of the molecule is O=C(Cc1ccc(Cl)cc1)OCc1nc(-c2cccc(Br)c2)no1.